The van der Waals surface area contributed by atoms with Crippen LogP contribution in [0.25, 0.3) is 0 Å². The van der Waals surface area contributed by atoms with Gasteiger partial charge < -0.3 is 14.2 Å². The molecular formula is C68H110O6. The van der Waals surface area contributed by atoms with E-state index in [-0.39, 0.29) is 31.1 Å². The van der Waals surface area contributed by atoms with Gasteiger partial charge in [0.05, 0.1) is 0 Å². The van der Waals surface area contributed by atoms with Crippen molar-refractivity contribution in [2.24, 2.45) is 0 Å². The number of allylic oxidation sites excluding steroid dienone is 22. The third-order valence-electron chi connectivity index (χ3n) is 12.4. The predicted molar refractivity (Wildman–Crippen MR) is 320 cm³/mol. The second kappa shape index (κ2) is 61.1. The van der Waals surface area contributed by atoms with Crippen molar-refractivity contribution in [2.75, 3.05) is 13.2 Å². The normalized spacial score (nSPS) is 13.1. The minimum atomic E-state index is -0.797. The molecular weight excluding hydrogens is 913 g/mol. The zero-order valence-electron chi connectivity index (χ0n) is 47.8. The molecule has 0 rings (SSSR count). The van der Waals surface area contributed by atoms with Crippen molar-refractivity contribution in [2.45, 2.75) is 264 Å². The van der Waals surface area contributed by atoms with E-state index in [0.717, 1.165) is 148 Å². The molecule has 0 saturated heterocycles. The minimum absolute atomic E-state index is 0.0930. The van der Waals surface area contributed by atoms with Gasteiger partial charge in [0.25, 0.3) is 0 Å². The first-order valence-electron chi connectivity index (χ1n) is 30.2. The van der Waals surface area contributed by atoms with Crippen LogP contribution in [-0.4, -0.2) is 37.2 Å². The summed E-state index contributed by atoms with van der Waals surface area (Å²) in [5.41, 5.74) is 0. The first-order chi connectivity index (χ1) is 36.5. The second-order valence-electron chi connectivity index (χ2n) is 19.5. The largest absolute Gasteiger partial charge is 0.462 e. The van der Waals surface area contributed by atoms with Crippen molar-refractivity contribution in [1.29, 1.82) is 0 Å². The number of esters is 3. The molecule has 0 radical (unpaired) electrons. The first kappa shape index (κ1) is 69.5. The number of unbranched alkanes of at least 4 members (excludes halogenated alkanes) is 20. The fraction of sp³-hybridized carbons (Fsp3) is 0.632. The van der Waals surface area contributed by atoms with Gasteiger partial charge >= 0.3 is 17.9 Å². The van der Waals surface area contributed by atoms with E-state index >= 15 is 0 Å². The van der Waals surface area contributed by atoms with Crippen molar-refractivity contribution in [3.8, 4) is 0 Å². The lowest BCUT2D eigenvalue weighted by atomic mass is 10.1. The molecule has 6 nitrogen and oxygen atoms in total. The van der Waals surface area contributed by atoms with Gasteiger partial charge in [-0.25, -0.2) is 0 Å². The van der Waals surface area contributed by atoms with Crippen LogP contribution in [0.1, 0.15) is 258 Å². The lowest BCUT2D eigenvalue weighted by Crippen LogP contribution is -2.30. The quantitative estimate of drug-likeness (QED) is 0.0261. The van der Waals surface area contributed by atoms with E-state index in [1.165, 1.54) is 70.6 Å². The third kappa shape index (κ3) is 58.4. The molecule has 0 aromatic rings. The fourth-order valence-corrected chi connectivity index (χ4v) is 7.94. The Morgan fingerprint density at radius 2 is 0.527 bits per heavy atom. The molecule has 0 N–H and O–H groups in total. The van der Waals surface area contributed by atoms with Gasteiger partial charge in [0.2, 0.25) is 0 Å². The van der Waals surface area contributed by atoms with E-state index in [0.29, 0.717) is 19.3 Å². The van der Waals surface area contributed by atoms with Gasteiger partial charge in [-0.1, -0.05) is 257 Å². The zero-order chi connectivity index (χ0) is 53.6. The summed E-state index contributed by atoms with van der Waals surface area (Å²) in [6.45, 7) is 6.35. The second-order valence-corrected chi connectivity index (χ2v) is 19.5. The topological polar surface area (TPSA) is 78.9 Å². The molecule has 0 bridgehead atoms. The Hall–Kier alpha value is -4.45. The molecule has 0 amide bonds. The van der Waals surface area contributed by atoms with Gasteiger partial charge in [-0.2, -0.15) is 0 Å². The van der Waals surface area contributed by atoms with Gasteiger partial charge in [-0.15, -0.1) is 0 Å². The average Bonchev–Trinajstić information content (AvgIpc) is 3.40. The van der Waals surface area contributed by atoms with Crippen molar-refractivity contribution < 1.29 is 28.6 Å². The summed E-state index contributed by atoms with van der Waals surface area (Å²) < 4.78 is 16.8. The molecule has 0 aliphatic carbocycles. The third-order valence-corrected chi connectivity index (χ3v) is 12.4. The summed E-state index contributed by atoms with van der Waals surface area (Å²) >= 11 is 0. The highest BCUT2D eigenvalue weighted by Crippen LogP contribution is 2.14. The monoisotopic (exact) mass is 1020 g/mol. The van der Waals surface area contributed by atoms with E-state index in [1.54, 1.807) is 0 Å². The number of carbonyl (C=O) groups is 3. The van der Waals surface area contributed by atoms with Gasteiger partial charge in [0.15, 0.2) is 6.10 Å². The molecule has 1 atom stereocenters. The van der Waals surface area contributed by atoms with E-state index in [1.807, 2.05) is 0 Å². The van der Waals surface area contributed by atoms with Crippen LogP contribution in [0, 0.1) is 0 Å². The van der Waals surface area contributed by atoms with Gasteiger partial charge in [0, 0.05) is 19.3 Å². The maximum atomic E-state index is 12.9. The Morgan fingerprint density at radius 1 is 0.284 bits per heavy atom. The van der Waals surface area contributed by atoms with Gasteiger partial charge in [0.1, 0.15) is 13.2 Å². The molecule has 1 unspecified atom stereocenters. The van der Waals surface area contributed by atoms with Crippen molar-refractivity contribution in [3.05, 3.63) is 134 Å². The summed E-state index contributed by atoms with van der Waals surface area (Å²) in [5.74, 6) is -0.931. The molecule has 0 aliphatic rings. The molecule has 6 heteroatoms. The SMILES string of the molecule is CC/C=C\C/C=C\C/C=C\C/C=C\C/C=C\C/C=C\CCCCCCC(=O)OC(COC(=O)CCCCCCCCCC)COC(=O)CCCCCCCCCCC/C=C\C/C=C\C/C=C\C/C=C\C/C=C\CC. The summed E-state index contributed by atoms with van der Waals surface area (Å²) in [7, 11) is 0. The molecule has 0 heterocycles. The highest BCUT2D eigenvalue weighted by Gasteiger charge is 2.19. The Kier molecular flexibility index (Phi) is 57.4. The molecule has 74 heavy (non-hydrogen) atoms. The average molecular weight is 1020 g/mol. The van der Waals surface area contributed by atoms with E-state index in [2.05, 4.69) is 154 Å². The lowest BCUT2D eigenvalue weighted by molar-refractivity contribution is -0.167. The summed E-state index contributed by atoms with van der Waals surface area (Å²) in [4.78, 5) is 38.1. The standard InChI is InChI=1S/C68H110O6/c1-4-7-10-13-16-19-21-23-25-27-29-31-33-34-36-37-39-41-43-45-47-49-52-55-58-61-67(70)73-64-65(63-72-66(69)60-57-54-51-18-15-12-9-6-3)74-68(71)62-59-56-53-50-48-46-44-42-40-38-35-32-30-28-26-24-22-20-17-14-11-8-5-2/h7-8,10-11,16-17,19-20,23-26,29-32,34,36,38,40,44,46,65H,4-6,9,12-15,18,21-22,27-28,33,35,37,39,41-43,45,47-64H2,1-3H3/b10-7-,11-8-,19-16-,20-17-,25-23-,26-24-,31-29-,32-30-,36-34-,40-38-,46-44-. The van der Waals surface area contributed by atoms with Gasteiger partial charge in [-0.3, -0.25) is 14.4 Å². The highest BCUT2D eigenvalue weighted by atomic mass is 16.6. The Balaban J connectivity index is 4.30. The highest BCUT2D eigenvalue weighted by molar-refractivity contribution is 5.71. The summed E-state index contributed by atoms with van der Waals surface area (Å²) in [6.07, 6.45) is 86.0. The molecule has 0 aromatic heterocycles. The molecule has 0 spiro atoms. The van der Waals surface area contributed by atoms with Crippen molar-refractivity contribution in [1.82, 2.24) is 0 Å². The summed E-state index contributed by atoms with van der Waals surface area (Å²) in [6, 6.07) is 0. The van der Waals surface area contributed by atoms with E-state index in [4.69, 9.17) is 14.2 Å². The van der Waals surface area contributed by atoms with Crippen LogP contribution in [-0.2, 0) is 28.6 Å². The van der Waals surface area contributed by atoms with Crippen LogP contribution >= 0.6 is 0 Å². The molecule has 0 saturated carbocycles. The van der Waals surface area contributed by atoms with Crippen molar-refractivity contribution in [3.63, 3.8) is 0 Å². The predicted octanol–water partition coefficient (Wildman–Crippen LogP) is 20.6. The van der Waals surface area contributed by atoms with Crippen LogP contribution in [0.4, 0.5) is 0 Å². The Bertz CT molecular complexity index is 1600. The van der Waals surface area contributed by atoms with E-state index < -0.39 is 6.10 Å². The zero-order valence-corrected chi connectivity index (χ0v) is 47.8. The molecule has 0 aromatic carbocycles. The first-order valence-corrected chi connectivity index (χ1v) is 30.2. The number of ether oxygens (including phenoxy) is 3. The summed E-state index contributed by atoms with van der Waals surface area (Å²) in [5, 5.41) is 0. The van der Waals surface area contributed by atoms with Crippen LogP contribution < -0.4 is 0 Å². The Labute approximate surface area is 455 Å². The van der Waals surface area contributed by atoms with Crippen LogP contribution in [0.15, 0.2) is 134 Å². The lowest BCUT2D eigenvalue weighted by Gasteiger charge is -2.18. The van der Waals surface area contributed by atoms with Gasteiger partial charge in [-0.05, 0) is 116 Å². The maximum Gasteiger partial charge on any atom is 0.306 e. The van der Waals surface area contributed by atoms with Crippen LogP contribution in [0.5, 0.6) is 0 Å². The molecule has 418 valence electrons. The minimum Gasteiger partial charge on any atom is -0.462 e. The smallest absolute Gasteiger partial charge is 0.306 e. The maximum absolute atomic E-state index is 12.9. The number of hydrogen-bond donors (Lipinski definition) is 0. The number of hydrogen-bond acceptors (Lipinski definition) is 6. The fourth-order valence-electron chi connectivity index (χ4n) is 7.94. The molecule has 0 aliphatic heterocycles. The van der Waals surface area contributed by atoms with E-state index in [9.17, 15) is 14.4 Å². The Morgan fingerprint density at radius 3 is 0.824 bits per heavy atom. The number of carbonyl (C=O) groups excluding carboxylic acids is 3. The molecule has 0 fully saturated rings. The number of rotatable bonds is 53. The van der Waals surface area contributed by atoms with Crippen LogP contribution in [0.3, 0.4) is 0 Å². The van der Waals surface area contributed by atoms with Crippen molar-refractivity contribution >= 4 is 17.9 Å². The van der Waals surface area contributed by atoms with Crippen LogP contribution in [0.2, 0.25) is 0 Å².